The van der Waals surface area contributed by atoms with Crippen LogP contribution in [0.3, 0.4) is 0 Å². The number of esters is 1. The van der Waals surface area contributed by atoms with E-state index in [0.29, 0.717) is 6.42 Å². The lowest BCUT2D eigenvalue weighted by Gasteiger charge is -2.17. The van der Waals surface area contributed by atoms with Gasteiger partial charge in [0.25, 0.3) is 0 Å². The van der Waals surface area contributed by atoms with Gasteiger partial charge in [0.15, 0.2) is 0 Å². The van der Waals surface area contributed by atoms with Gasteiger partial charge >= 0.3 is 5.97 Å². The van der Waals surface area contributed by atoms with Crippen molar-refractivity contribution in [1.82, 2.24) is 4.31 Å². The zero-order valence-electron chi connectivity index (χ0n) is 15.9. The largest absolute Gasteiger partial charge is 0.490 e. The summed E-state index contributed by atoms with van der Waals surface area (Å²) in [5.41, 5.74) is 0.999. The number of hydrogen-bond acceptors (Lipinski definition) is 5. The predicted octanol–water partition coefficient (Wildman–Crippen LogP) is 3.16. The molecule has 0 spiro atoms. The number of aryl methyl sites for hydroxylation is 1. The Morgan fingerprint density at radius 2 is 1.75 bits per heavy atom. The van der Waals surface area contributed by atoms with Crippen LogP contribution in [-0.4, -0.2) is 45.5 Å². The zero-order valence-corrected chi connectivity index (χ0v) is 16.7. The first-order valence-electron chi connectivity index (χ1n) is 8.86. The van der Waals surface area contributed by atoms with Gasteiger partial charge in [-0.3, -0.25) is 4.79 Å². The van der Waals surface area contributed by atoms with Gasteiger partial charge in [0.05, 0.1) is 4.90 Å². The molecule has 0 aliphatic carbocycles. The fraction of sp³-hybridized carbons (Fsp3) is 0.350. The summed E-state index contributed by atoms with van der Waals surface area (Å²) in [4.78, 5) is 11.8. The number of ether oxygens (including phenoxy) is 2. The minimum absolute atomic E-state index is 0.00679. The SMILES string of the molecule is Cc1ccccc1OCCOC(=O)CCCN(C)S(=O)(=O)c1ccc(F)cc1. The van der Waals surface area contributed by atoms with Crippen LogP contribution in [-0.2, 0) is 19.6 Å². The number of halogens is 1. The van der Waals surface area contributed by atoms with E-state index in [1.165, 1.54) is 19.2 Å². The van der Waals surface area contributed by atoms with Crippen LogP contribution in [0.2, 0.25) is 0 Å². The zero-order chi connectivity index (χ0) is 20.6. The molecule has 0 aliphatic rings. The van der Waals surface area contributed by atoms with Crippen molar-refractivity contribution < 1.29 is 27.1 Å². The molecule has 152 valence electrons. The summed E-state index contributed by atoms with van der Waals surface area (Å²) in [7, 11) is -2.30. The van der Waals surface area contributed by atoms with Gasteiger partial charge in [-0.25, -0.2) is 17.1 Å². The molecule has 0 saturated heterocycles. The number of rotatable bonds is 10. The Hall–Kier alpha value is -2.45. The van der Waals surface area contributed by atoms with E-state index >= 15 is 0 Å². The van der Waals surface area contributed by atoms with E-state index in [0.717, 1.165) is 27.8 Å². The average Bonchev–Trinajstić information content (AvgIpc) is 2.66. The van der Waals surface area contributed by atoms with Crippen molar-refractivity contribution in [3.8, 4) is 5.75 Å². The molecule has 2 rings (SSSR count). The van der Waals surface area contributed by atoms with Crippen LogP contribution in [0.15, 0.2) is 53.4 Å². The summed E-state index contributed by atoms with van der Waals surface area (Å²) in [6, 6.07) is 12.2. The average molecular weight is 409 g/mol. The predicted molar refractivity (Wildman–Crippen MR) is 103 cm³/mol. The fourth-order valence-corrected chi connectivity index (χ4v) is 3.66. The van der Waals surface area contributed by atoms with Gasteiger partial charge in [-0.2, -0.15) is 0 Å². The Morgan fingerprint density at radius 1 is 1.07 bits per heavy atom. The molecule has 0 bridgehead atoms. The molecule has 6 nitrogen and oxygen atoms in total. The number of carbonyl (C=O) groups is 1. The molecule has 0 unspecified atom stereocenters. The van der Waals surface area contributed by atoms with Crippen molar-refractivity contribution in [3.63, 3.8) is 0 Å². The van der Waals surface area contributed by atoms with Crippen LogP contribution in [0.1, 0.15) is 18.4 Å². The second-order valence-electron chi connectivity index (χ2n) is 6.22. The summed E-state index contributed by atoms with van der Waals surface area (Å²) in [5, 5.41) is 0. The van der Waals surface area contributed by atoms with Crippen molar-refractivity contribution in [2.45, 2.75) is 24.7 Å². The fourth-order valence-electron chi connectivity index (χ4n) is 2.45. The lowest BCUT2D eigenvalue weighted by atomic mass is 10.2. The second-order valence-corrected chi connectivity index (χ2v) is 8.26. The first kappa shape index (κ1) is 21.8. The lowest BCUT2D eigenvalue weighted by Crippen LogP contribution is -2.28. The second kappa shape index (κ2) is 10.2. The molecule has 8 heteroatoms. The Balaban J connectivity index is 1.68. The quantitative estimate of drug-likeness (QED) is 0.445. The van der Waals surface area contributed by atoms with Gasteiger partial charge in [0.2, 0.25) is 10.0 Å². The van der Waals surface area contributed by atoms with Crippen molar-refractivity contribution >= 4 is 16.0 Å². The highest BCUT2D eigenvalue weighted by Crippen LogP contribution is 2.16. The van der Waals surface area contributed by atoms with E-state index in [-0.39, 0.29) is 31.1 Å². The topological polar surface area (TPSA) is 72.9 Å². The summed E-state index contributed by atoms with van der Waals surface area (Å²) >= 11 is 0. The van der Waals surface area contributed by atoms with Crippen LogP contribution in [0.4, 0.5) is 4.39 Å². The number of nitrogens with zero attached hydrogens (tertiary/aromatic N) is 1. The molecule has 2 aromatic rings. The lowest BCUT2D eigenvalue weighted by molar-refractivity contribution is -0.144. The van der Waals surface area contributed by atoms with E-state index in [1.807, 2.05) is 31.2 Å². The van der Waals surface area contributed by atoms with Crippen LogP contribution < -0.4 is 4.74 Å². The first-order valence-corrected chi connectivity index (χ1v) is 10.3. The number of carbonyl (C=O) groups excluding carboxylic acids is 1. The molecule has 0 saturated carbocycles. The third-order valence-electron chi connectivity index (χ3n) is 4.07. The van der Waals surface area contributed by atoms with E-state index in [1.54, 1.807) is 0 Å². The molecule has 0 atom stereocenters. The van der Waals surface area contributed by atoms with Gasteiger partial charge in [0, 0.05) is 20.0 Å². The van der Waals surface area contributed by atoms with Gasteiger partial charge in [-0.1, -0.05) is 18.2 Å². The highest BCUT2D eigenvalue weighted by Gasteiger charge is 2.20. The number of benzene rings is 2. The van der Waals surface area contributed by atoms with Crippen LogP contribution in [0.25, 0.3) is 0 Å². The monoisotopic (exact) mass is 409 g/mol. The molecular formula is C20H24FNO5S. The summed E-state index contributed by atoms with van der Waals surface area (Å²) in [6.07, 6.45) is 0.405. The Kier molecular flexibility index (Phi) is 7.95. The third-order valence-corrected chi connectivity index (χ3v) is 5.94. The highest BCUT2D eigenvalue weighted by molar-refractivity contribution is 7.89. The normalized spacial score (nSPS) is 11.4. The number of hydrogen-bond donors (Lipinski definition) is 0. The molecule has 28 heavy (non-hydrogen) atoms. The van der Waals surface area contributed by atoms with Crippen molar-refractivity contribution in [3.05, 3.63) is 59.9 Å². The minimum atomic E-state index is -3.71. The van der Waals surface area contributed by atoms with Crippen molar-refractivity contribution in [1.29, 1.82) is 0 Å². The number of para-hydroxylation sites is 1. The standard InChI is InChI=1S/C20H24FNO5S/c1-16-6-3-4-7-19(16)26-14-15-27-20(23)8-5-13-22(2)28(24,25)18-11-9-17(21)10-12-18/h3-4,6-7,9-12H,5,8,13-15H2,1-2H3. The van der Waals surface area contributed by atoms with Crippen LogP contribution >= 0.6 is 0 Å². The Labute approximate surface area is 164 Å². The molecule has 0 heterocycles. The summed E-state index contributed by atoms with van der Waals surface area (Å²) in [5.74, 6) is -0.178. The maximum atomic E-state index is 12.9. The van der Waals surface area contributed by atoms with Gasteiger partial charge in [-0.15, -0.1) is 0 Å². The highest BCUT2D eigenvalue weighted by atomic mass is 32.2. The molecule has 0 aromatic heterocycles. The van der Waals surface area contributed by atoms with Crippen molar-refractivity contribution in [2.24, 2.45) is 0 Å². The van der Waals surface area contributed by atoms with E-state index in [2.05, 4.69) is 0 Å². The molecule has 2 aromatic carbocycles. The first-order chi connectivity index (χ1) is 13.3. The maximum absolute atomic E-state index is 12.9. The smallest absolute Gasteiger partial charge is 0.305 e. The van der Waals surface area contributed by atoms with Gasteiger partial charge < -0.3 is 9.47 Å². The van der Waals surface area contributed by atoms with E-state index in [9.17, 15) is 17.6 Å². The Morgan fingerprint density at radius 3 is 2.43 bits per heavy atom. The summed E-state index contributed by atoms with van der Waals surface area (Å²) < 4.78 is 49.4. The van der Waals surface area contributed by atoms with Gasteiger partial charge in [-0.05, 0) is 49.2 Å². The maximum Gasteiger partial charge on any atom is 0.305 e. The molecule has 0 N–H and O–H groups in total. The minimum Gasteiger partial charge on any atom is -0.490 e. The van der Waals surface area contributed by atoms with Gasteiger partial charge in [0.1, 0.15) is 24.8 Å². The van der Waals surface area contributed by atoms with Crippen LogP contribution in [0, 0.1) is 12.7 Å². The molecule has 0 aliphatic heterocycles. The van der Waals surface area contributed by atoms with Crippen LogP contribution in [0.5, 0.6) is 5.75 Å². The van der Waals surface area contributed by atoms with Crippen molar-refractivity contribution in [2.75, 3.05) is 26.8 Å². The third kappa shape index (κ3) is 6.31. The molecule has 0 radical (unpaired) electrons. The van der Waals surface area contributed by atoms with E-state index in [4.69, 9.17) is 9.47 Å². The Bertz CT molecular complexity index is 884. The molecule has 0 fully saturated rings. The molecular weight excluding hydrogens is 385 g/mol. The van der Waals surface area contributed by atoms with E-state index < -0.39 is 21.8 Å². The number of sulfonamides is 1. The molecule has 0 amide bonds. The summed E-state index contributed by atoms with van der Waals surface area (Å²) in [6.45, 7) is 2.44.